The van der Waals surface area contributed by atoms with E-state index in [1.807, 2.05) is 18.2 Å². The van der Waals surface area contributed by atoms with Crippen LogP contribution in [0.3, 0.4) is 0 Å². The first-order chi connectivity index (χ1) is 8.04. The second kappa shape index (κ2) is 7.34. The van der Waals surface area contributed by atoms with Crippen LogP contribution in [0.25, 0.3) is 0 Å². The van der Waals surface area contributed by atoms with Gasteiger partial charge in [0.15, 0.2) is 0 Å². The van der Waals surface area contributed by atoms with Crippen molar-refractivity contribution in [3.8, 4) is 0 Å². The second-order valence-electron chi connectivity index (χ2n) is 4.21. The molecule has 0 bridgehead atoms. The molecule has 96 valence electrons. The lowest BCUT2D eigenvalue weighted by molar-refractivity contribution is 0.385. The Bertz CT molecular complexity index is 358. The maximum atomic E-state index is 5.92. The van der Waals surface area contributed by atoms with Crippen molar-refractivity contribution in [2.45, 2.75) is 6.04 Å². The largest absolute Gasteiger partial charge is 0.329 e. The summed E-state index contributed by atoms with van der Waals surface area (Å²) < 4.78 is 0.998. The van der Waals surface area contributed by atoms with Gasteiger partial charge < -0.3 is 16.0 Å². The first-order valence-electron chi connectivity index (χ1n) is 5.57. The van der Waals surface area contributed by atoms with Crippen LogP contribution in [-0.4, -0.2) is 38.6 Å². The molecule has 1 unspecified atom stereocenters. The number of benzene rings is 1. The average molecular weight is 321 g/mol. The van der Waals surface area contributed by atoms with E-state index in [0.717, 1.165) is 28.1 Å². The third-order valence-electron chi connectivity index (χ3n) is 2.52. The van der Waals surface area contributed by atoms with Gasteiger partial charge in [-0.2, -0.15) is 0 Å². The van der Waals surface area contributed by atoms with Crippen LogP contribution in [0, 0.1) is 0 Å². The number of halogens is 2. The van der Waals surface area contributed by atoms with E-state index in [2.05, 4.69) is 40.2 Å². The summed E-state index contributed by atoms with van der Waals surface area (Å²) in [5, 5.41) is 4.16. The predicted molar refractivity (Wildman–Crippen MR) is 77.5 cm³/mol. The van der Waals surface area contributed by atoms with E-state index in [1.165, 1.54) is 0 Å². The predicted octanol–water partition coefficient (Wildman–Crippen LogP) is 2.25. The van der Waals surface area contributed by atoms with Crippen molar-refractivity contribution in [2.75, 3.05) is 33.7 Å². The smallest absolute Gasteiger partial charge is 0.0456 e. The maximum absolute atomic E-state index is 5.92. The quantitative estimate of drug-likeness (QED) is 0.845. The number of nitrogens with two attached hydrogens (primary N) is 1. The number of nitrogens with one attached hydrogen (secondary N) is 1. The molecular weight excluding hydrogens is 302 g/mol. The molecule has 0 spiro atoms. The molecule has 0 fully saturated rings. The SMILES string of the molecule is CN(C)CCNC(CN)c1ccc(Cl)cc1Br. The fraction of sp³-hybridized carbons (Fsp3) is 0.500. The van der Waals surface area contributed by atoms with E-state index in [1.54, 1.807) is 0 Å². The Morgan fingerprint density at radius 1 is 1.47 bits per heavy atom. The van der Waals surface area contributed by atoms with Gasteiger partial charge in [0.1, 0.15) is 0 Å². The molecule has 5 heteroatoms. The van der Waals surface area contributed by atoms with Gasteiger partial charge >= 0.3 is 0 Å². The minimum Gasteiger partial charge on any atom is -0.329 e. The van der Waals surface area contributed by atoms with E-state index in [9.17, 15) is 0 Å². The third kappa shape index (κ3) is 4.94. The first kappa shape index (κ1) is 14.9. The molecule has 0 saturated carbocycles. The minimum atomic E-state index is 0.154. The zero-order chi connectivity index (χ0) is 12.8. The lowest BCUT2D eigenvalue weighted by atomic mass is 10.1. The Morgan fingerprint density at radius 3 is 2.71 bits per heavy atom. The Labute approximate surface area is 116 Å². The second-order valence-corrected chi connectivity index (χ2v) is 5.50. The van der Waals surface area contributed by atoms with Crippen molar-refractivity contribution in [1.82, 2.24) is 10.2 Å². The molecule has 0 radical (unpaired) electrons. The summed E-state index contributed by atoms with van der Waals surface area (Å²) in [6.07, 6.45) is 0. The summed E-state index contributed by atoms with van der Waals surface area (Å²) in [4.78, 5) is 2.14. The lowest BCUT2D eigenvalue weighted by Crippen LogP contribution is -2.33. The van der Waals surface area contributed by atoms with E-state index >= 15 is 0 Å². The summed E-state index contributed by atoms with van der Waals surface area (Å²) in [6, 6.07) is 5.94. The van der Waals surface area contributed by atoms with Gasteiger partial charge in [0.2, 0.25) is 0 Å². The van der Waals surface area contributed by atoms with Crippen LogP contribution < -0.4 is 11.1 Å². The minimum absolute atomic E-state index is 0.154. The van der Waals surface area contributed by atoms with Crippen molar-refractivity contribution < 1.29 is 0 Å². The van der Waals surface area contributed by atoms with Crippen molar-refractivity contribution in [3.05, 3.63) is 33.3 Å². The number of hydrogen-bond acceptors (Lipinski definition) is 3. The molecule has 1 rings (SSSR count). The monoisotopic (exact) mass is 319 g/mol. The highest BCUT2D eigenvalue weighted by atomic mass is 79.9. The number of likely N-dealkylation sites (N-methyl/N-ethyl adjacent to an activating group) is 1. The molecule has 3 nitrogen and oxygen atoms in total. The van der Waals surface area contributed by atoms with Crippen molar-refractivity contribution in [2.24, 2.45) is 5.73 Å². The van der Waals surface area contributed by atoms with E-state index in [4.69, 9.17) is 17.3 Å². The van der Waals surface area contributed by atoms with Crippen LogP contribution in [0.2, 0.25) is 5.02 Å². The molecule has 1 aromatic rings. The standard InChI is InChI=1S/C12H19BrClN3/c1-17(2)6-5-16-12(8-15)10-4-3-9(14)7-11(10)13/h3-4,7,12,16H,5-6,8,15H2,1-2H3. The van der Waals surface area contributed by atoms with Crippen LogP contribution in [0.5, 0.6) is 0 Å². The topological polar surface area (TPSA) is 41.3 Å². The fourth-order valence-electron chi connectivity index (χ4n) is 1.57. The Balaban J connectivity index is 2.66. The highest BCUT2D eigenvalue weighted by Crippen LogP contribution is 2.26. The van der Waals surface area contributed by atoms with Crippen LogP contribution in [-0.2, 0) is 0 Å². The van der Waals surface area contributed by atoms with Gasteiger partial charge in [0, 0.05) is 35.2 Å². The summed E-state index contributed by atoms with van der Waals surface area (Å²) in [5.41, 5.74) is 6.95. The highest BCUT2D eigenvalue weighted by Gasteiger charge is 2.12. The van der Waals surface area contributed by atoms with Gasteiger partial charge in [-0.25, -0.2) is 0 Å². The van der Waals surface area contributed by atoms with Crippen molar-refractivity contribution in [3.63, 3.8) is 0 Å². The molecule has 3 N–H and O–H groups in total. The summed E-state index contributed by atoms with van der Waals surface area (Å²) in [7, 11) is 4.11. The fourth-order valence-corrected chi connectivity index (χ4v) is 2.53. The zero-order valence-electron chi connectivity index (χ0n) is 10.2. The maximum Gasteiger partial charge on any atom is 0.0456 e. The molecule has 0 saturated heterocycles. The van der Waals surface area contributed by atoms with Gasteiger partial charge in [-0.3, -0.25) is 0 Å². The normalized spacial score (nSPS) is 13.1. The van der Waals surface area contributed by atoms with Crippen LogP contribution in [0.4, 0.5) is 0 Å². The molecule has 0 heterocycles. The summed E-state index contributed by atoms with van der Waals surface area (Å²) in [6.45, 7) is 2.46. The first-order valence-corrected chi connectivity index (χ1v) is 6.75. The van der Waals surface area contributed by atoms with Gasteiger partial charge in [0.05, 0.1) is 0 Å². The van der Waals surface area contributed by atoms with Crippen LogP contribution >= 0.6 is 27.5 Å². The summed E-state index contributed by atoms with van der Waals surface area (Å²) >= 11 is 9.44. The van der Waals surface area contributed by atoms with Gasteiger partial charge in [0.25, 0.3) is 0 Å². The molecule has 1 aromatic carbocycles. The molecule has 0 aliphatic rings. The van der Waals surface area contributed by atoms with Gasteiger partial charge in [-0.1, -0.05) is 33.6 Å². The number of rotatable bonds is 6. The van der Waals surface area contributed by atoms with Gasteiger partial charge in [-0.15, -0.1) is 0 Å². The average Bonchev–Trinajstić information content (AvgIpc) is 2.25. The highest BCUT2D eigenvalue weighted by molar-refractivity contribution is 9.10. The number of nitrogens with zero attached hydrogens (tertiary/aromatic N) is 1. The lowest BCUT2D eigenvalue weighted by Gasteiger charge is -2.20. The van der Waals surface area contributed by atoms with Crippen LogP contribution in [0.1, 0.15) is 11.6 Å². The van der Waals surface area contributed by atoms with Crippen LogP contribution in [0.15, 0.2) is 22.7 Å². The molecular formula is C12H19BrClN3. The van der Waals surface area contributed by atoms with Gasteiger partial charge in [-0.05, 0) is 31.8 Å². The molecule has 0 aromatic heterocycles. The summed E-state index contributed by atoms with van der Waals surface area (Å²) in [5.74, 6) is 0. The number of hydrogen-bond donors (Lipinski definition) is 2. The molecule has 0 aliphatic heterocycles. The molecule has 17 heavy (non-hydrogen) atoms. The Morgan fingerprint density at radius 2 is 2.18 bits per heavy atom. The Hall–Kier alpha value is -0.130. The van der Waals surface area contributed by atoms with Crippen molar-refractivity contribution >= 4 is 27.5 Å². The van der Waals surface area contributed by atoms with E-state index in [0.29, 0.717) is 6.54 Å². The molecule has 0 amide bonds. The Kier molecular flexibility index (Phi) is 6.44. The zero-order valence-corrected chi connectivity index (χ0v) is 12.6. The van der Waals surface area contributed by atoms with E-state index < -0.39 is 0 Å². The third-order valence-corrected chi connectivity index (χ3v) is 3.45. The van der Waals surface area contributed by atoms with Crippen molar-refractivity contribution in [1.29, 1.82) is 0 Å². The van der Waals surface area contributed by atoms with E-state index in [-0.39, 0.29) is 6.04 Å². The molecule has 1 atom stereocenters. The molecule has 0 aliphatic carbocycles.